The summed E-state index contributed by atoms with van der Waals surface area (Å²) in [5.74, 6) is 2.75. The molecule has 0 unspecified atom stereocenters. The van der Waals surface area contributed by atoms with Crippen molar-refractivity contribution in [1.82, 2.24) is 14.5 Å². The standard InChI is InChI=1S/C24H26N6O2S/c1-17-16-26-24(28-23(17)30-10-9-18-5-3-4-6-21(18)30)27-20-8-7-19(15-22(20)32-2)29-11-13-33(25,31)14-12-29/h3-10,15-16,25H,11-14H2,1-2H3,(H,26,27,28). The number of aromatic nitrogens is 3. The van der Waals surface area contributed by atoms with Gasteiger partial charge in [-0.25, -0.2) is 9.19 Å². The van der Waals surface area contributed by atoms with Crippen molar-refractivity contribution < 1.29 is 8.95 Å². The Kier molecular flexibility index (Phi) is 5.41. The Balaban J connectivity index is 1.43. The van der Waals surface area contributed by atoms with E-state index in [1.807, 2.05) is 49.6 Å². The van der Waals surface area contributed by atoms with E-state index in [2.05, 4.69) is 38.0 Å². The number of hydrogen-bond donors (Lipinski definition) is 2. The summed E-state index contributed by atoms with van der Waals surface area (Å²) in [5.41, 5.74) is 3.80. The normalized spacial score (nSPS) is 15.5. The fourth-order valence-corrected chi connectivity index (χ4v) is 5.33. The first-order valence-corrected chi connectivity index (χ1v) is 12.7. The average Bonchev–Trinajstić information content (AvgIpc) is 3.25. The zero-order valence-corrected chi connectivity index (χ0v) is 19.4. The van der Waals surface area contributed by atoms with Crippen LogP contribution in [0.5, 0.6) is 5.75 Å². The molecule has 1 aliphatic rings. The molecule has 0 saturated carbocycles. The lowest BCUT2D eigenvalue weighted by atomic mass is 10.2. The molecule has 0 radical (unpaired) electrons. The van der Waals surface area contributed by atoms with Gasteiger partial charge in [-0.3, -0.25) is 4.78 Å². The lowest BCUT2D eigenvalue weighted by Gasteiger charge is -2.30. The predicted octanol–water partition coefficient (Wildman–Crippen LogP) is 4.35. The molecule has 2 N–H and O–H groups in total. The van der Waals surface area contributed by atoms with E-state index in [0.29, 0.717) is 36.3 Å². The first-order valence-electron chi connectivity index (χ1n) is 10.8. The molecule has 1 fully saturated rings. The van der Waals surface area contributed by atoms with Crippen LogP contribution in [0.2, 0.25) is 0 Å². The van der Waals surface area contributed by atoms with Crippen molar-refractivity contribution in [2.75, 3.05) is 41.9 Å². The number of nitrogens with one attached hydrogen (secondary N) is 2. The largest absolute Gasteiger partial charge is 0.494 e. The van der Waals surface area contributed by atoms with Crippen LogP contribution >= 0.6 is 0 Å². The molecule has 0 atom stereocenters. The first-order chi connectivity index (χ1) is 15.9. The van der Waals surface area contributed by atoms with Gasteiger partial charge in [-0.2, -0.15) is 4.98 Å². The second-order valence-corrected chi connectivity index (χ2v) is 10.6. The van der Waals surface area contributed by atoms with E-state index in [1.54, 1.807) is 7.11 Å². The van der Waals surface area contributed by atoms with Crippen molar-refractivity contribution in [3.05, 3.63) is 66.5 Å². The number of methoxy groups -OCH3 is 1. The van der Waals surface area contributed by atoms with Crippen molar-refractivity contribution in [3.63, 3.8) is 0 Å². The second kappa shape index (κ2) is 8.40. The Bertz CT molecular complexity index is 1420. The van der Waals surface area contributed by atoms with Crippen LogP contribution in [0, 0.1) is 11.7 Å². The van der Waals surface area contributed by atoms with Gasteiger partial charge in [0.1, 0.15) is 11.6 Å². The molecular formula is C24H26N6O2S. The van der Waals surface area contributed by atoms with Gasteiger partial charge in [0.25, 0.3) is 0 Å². The highest BCUT2D eigenvalue weighted by Gasteiger charge is 2.20. The zero-order chi connectivity index (χ0) is 23.0. The van der Waals surface area contributed by atoms with E-state index in [0.717, 1.165) is 33.7 Å². The van der Waals surface area contributed by atoms with Gasteiger partial charge in [-0.15, -0.1) is 0 Å². The number of anilines is 3. The Labute approximate surface area is 193 Å². The average molecular weight is 463 g/mol. The van der Waals surface area contributed by atoms with E-state index in [-0.39, 0.29) is 0 Å². The monoisotopic (exact) mass is 462 g/mol. The fraction of sp³-hybridized carbons (Fsp3) is 0.250. The topological polar surface area (TPSA) is 96.1 Å². The summed E-state index contributed by atoms with van der Waals surface area (Å²) in [4.78, 5) is 11.4. The lowest BCUT2D eigenvalue weighted by Crippen LogP contribution is -2.39. The number of fused-ring (bicyclic) bond motifs is 1. The minimum absolute atomic E-state index is 0.392. The Morgan fingerprint density at radius 2 is 1.91 bits per heavy atom. The predicted molar refractivity (Wildman–Crippen MR) is 133 cm³/mol. The maximum Gasteiger partial charge on any atom is 0.229 e. The van der Waals surface area contributed by atoms with Crippen molar-refractivity contribution in [1.29, 1.82) is 4.78 Å². The lowest BCUT2D eigenvalue weighted by molar-refractivity contribution is 0.416. The van der Waals surface area contributed by atoms with Gasteiger partial charge in [0, 0.05) is 64.0 Å². The van der Waals surface area contributed by atoms with Gasteiger partial charge in [0.2, 0.25) is 5.95 Å². The molecule has 0 aliphatic carbocycles. The van der Waals surface area contributed by atoms with Gasteiger partial charge < -0.3 is 19.5 Å². The number of para-hydroxylation sites is 1. The van der Waals surface area contributed by atoms with Gasteiger partial charge >= 0.3 is 0 Å². The minimum Gasteiger partial charge on any atom is -0.494 e. The van der Waals surface area contributed by atoms with E-state index in [9.17, 15) is 4.21 Å². The molecule has 1 saturated heterocycles. The van der Waals surface area contributed by atoms with Crippen LogP contribution in [0.25, 0.3) is 16.7 Å². The molecule has 9 heteroatoms. The van der Waals surface area contributed by atoms with Crippen LogP contribution in [0.1, 0.15) is 5.56 Å². The van der Waals surface area contributed by atoms with Gasteiger partial charge in [-0.1, -0.05) is 18.2 Å². The zero-order valence-electron chi connectivity index (χ0n) is 18.6. The molecule has 2 aromatic carbocycles. The quantitative estimate of drug-likeness (QED) is 0.458. The number of aryl methyl sites for hydroxylation is 1. The molecule has 170 valence electrons. The summed E-state index contributed by atoms with van der Waals surface area (Å²) in [6.07, 6.45) is 3.83. The Hall–Kier alpha value is -3.59. The molecule has 0 amide bonds. The highest BCUT2D eigenvalue weighted by Crippen LogP contribution is 2.32. The van der Waals surface area contributed by atoms with Crippen LogP contribution in [-0.4, -0.2) is 50.4 Å². The summed E-state index contributed by atoms with van der Waals surface area (Å²) in [7, 11) is -0.803. The number of nitrogens with zero attached hydrogens (tertiary/aromatic N) is 4. The van der Waals surface area contributed by atoms with E-state index in [1.165, 1.54) is 0 Å². The molecule has 4 aromatic rings. The summed E-state index contributed by atoms with van der Waals surface area (Å²) < 4.78 is 27.5. The van der Waals surface area contributed by atoms with E-state index < -0.39 is 9.73 Å². The summed E-state index contributed by atoms with van der Waals surface area (Å²) in [5, 5.41) is 4.44. The van der Waals surface area contributed by atoms with Crippen molar-refractivity contribution in [3.8, 4) is 11.6 Å². The third-order valence-electron chi connectivity index (χ3n) is 5.95. The van der Waals surface area contributed by atoms with Crippen LogP contribution in [0.15, 0.2) is 60.9 Å². The van der Waals surface area contributed by atoms with E-state index >= 15 is 0 Å². The minimum atomic E-state index is -2.43. The number of rotatable bonds is 5. The van der Waals surface area contributed by atoms with Crippen LogP contribution < -0.4 is 15.0 Å². The first kappa shape index (κ1) is 21.3. The molecular weight excluding hydrogens is 436 g/mol. The summed E-state index contributed by atoms with van der Waals surface area (Å²) in [6.45, 7) is 3.21. The van der Waals surface area contributed by atoms with Gasteiger partial charge in [0.05, 0.1) is 18.3 Å². The summed E-state index contributed by atoms with van der Waals surface area (Å²) in [6, 6.07) is 16.2. The molecule has 2 aromatic heterocycles. The van der Waals surface area contributed by atoms with Crippen LogP contribution in [-0.2, 0) is 9.73 Å². The number of ether oxygens (including phenoxy) is 1. The van der Waals surface area contributed by atoms with Crippen molar-refractivity contribution in [2.24, 2.45) is 0 Å². The molecule has 1 aliphatic heterocycles. The van der Waals surface area contributed by atoms with Gasteiger partial charge in [-0.05, 0) is 36.6 Å². The Morgan fingerprint density at radius 1 is 1.12 bits per heavy atom. The summed E-state index contributed by atoms with van der Waals surface area (Å²) >= 11 is 0. The highest BCUT2D eigenvalue weighted by molar-refractivity contribution is 7.92. The SMILES string of the molecule is COc1cc(N2CCS(=N)(=O)CC2)ccc1Nc1ncc(C)c(-n2ccc3ccccc32)n1. The molecule has 5 rings (SSSR count). The molecule has 8 nitrogen and oxygen atoms in total. The van der Waals surface area contributed by atoms with Crippen LogP contribution in [0.4, 0.5) is 17.3 Å². The third kappa shape index (κ3) is 4.23. The molecule has 0 bridgehead atoms. The Morgan fingerprint density at radius 3 is 2.70 bits per heavy atom. The maximum atomic E-state index is 12.0. The fourth-order valence-electron chi connectivity index (χ4n) is 4.09. The van der Waals surface area contributed by atoms with Crippen molar-refractivity contribution >= 4 is 38.0 Å². The number of hydrogen-bond acceptors (Lipinski definition) is 7. The maximum absolute atomic E-state index is 12.0. The molecule has 33 heavy (non-hydrogen) atoms. The van der Waals surface area contributed by atoms with Crippen molar-refractivity contribution in [2.45, 2.75) is 6.92 Å². The highest BCUT2D eigenvalue weighted by atomic mass is 32.2. The molecule has 3 heterocycles. The third-order valence-corrected chi connectivity index (χ3v) is 7.64. The van der Waals surface area contributed by atoms with E-state index in [4.69, 9.17) is 14.5 Å². The van der Waals surface area contributed by atoms with Gasteiger partial charge in [0.15, 0.2) is 0 Å². The smallest absolute Gasteiger partial charge is 0.229 e. The van der Waals surface area contributed by atoms with Crippen LogP contribution in [0.3, 0.4) is 0 Å². The molecule has 0 spiro atoms. The number of benzene rings is 2. The second-order valence-electron chi connectivity index (χ2n) is 8.16.